The number of hydrogen-bond donors (Lipinski definition) is 2. The maximum atomic E-state index is 10.6. The van der Waals surface area contributed by atoms with E-state index in [0.717, 1.165) is 22.9 Å². The van der Waals surface area contributed by atoms with E-state index in [9.17, 15) is 10.2 Å². The van der Waals surface area contributed by atoms with Gasteiger partial charge >= 0.3 is 0 Å². The molecule has 0 spiro atoms. The maximum Gasteiger partial charge on any atom is 0.204 e. The van der Waals surface area contributed by atoms with E-state index in [4.69, 9.17) is 4.52 Å². The van der Waals surface area contributed by atoms with Gasteiger partial charge in [0.15, 0.2) is 11.4 Å². The zero-order valence-corrected chi connectivity index (χ0v) is 11.0. The van der Waals surface area contributed by atoms with Crippen LogP contribution in [-0.2, 0) is 0 Å². The number of benzene rings is 1. The van der Waals surface area contributed by atoms with Crippen molar-refractivity contribution < 1.29 is 14.7 Å². The van der Waals surface area contributed by atoms with Gasteiger partial charge in [-0.1, -0.05) is 29.4 Å². The normalized spacial score (nSPS) is 22.3. The monoisotopic (exact) mass is 280 g/mol. The van der Waals surface area contributed by atoms with Gasteiger partial charge in [-0.05, 0) is 18.6 Å². The number of para-hydroxylation sites is 1. The van der Waals surface area contributed by atoms with Crippen LogP contribution in [0.3, 0.4) is 0 Å². The third-order valence-corrected chi connectivity index (χ3v) is 4.59. The van der Waals surface area contributed by atoms with Gasteiger partial charge in [0.2, 0.25) is 11.8 Å². The Morgan fingerprint density at radius 1 is 1.05 bits per heavy atom. The Hall–Kier alpha value is -2.69. The van der Waals surface area contributed by atoms with E-state index in [1.54, 1.807) is 0 Å². The molecule has 0 saturated carbocycles. The van der Waals surface area contributed by atoms with Gasteiger partial charge in [-0.25, -0.2) is 4.57 Å². The fourth-order valence-electron chi connectivity index (χ4n) is 3.67. The molecule has 2 aliphatic carbocycles. The predicted octanol–water partition coefficient (Wildman–Crippen LogP) is 3.17. The van der Waals surface area contributed by atoms with Gasteiger partial charge in [0.1, 0.15) is 0 Å². The van der Waals surface area contributed by atoms with Crippen molar-refractivity contribution in [1.29, 1.82) is 0 Å². The number of fused-ring (bicyclic) bond motifs is 6. The van der Waals surface area contributed by atoms with Crippen molar-refractivity contribution in [3.63, 3.8) is 0 Å². The second-order valence-electron chi connectivity index (χ2n) is 5.65. The van der Waals surface area contributed by atoms with E-state index in [2.05, 4.69) is 17.3 Å². The van der Waals surface area contributed by atoms with Crippen LogP contribution in [0, 0.1) is 0 Å². The van der Waals surface area contributed by atoms with Crippen molar-refractivity contribution in [2.45, 2.75) is 18.3 Å². The molecule has 0 amide bonds. The van der Waals surface area contributed by atoms with Crippen LogP contribution in [0.5, 0.6) is 11.8 Å². The van der Waals surface area contributed by atoms with Crippen LogP contribution in [0.4, 0.5) is 0 Å². The van der Waals surface area contributed by atoms with E-state index in [1.807, 2.05) is 24.3 Å². The van der Waals surface area contributed by atoms with Crippen molar-refractivity contribution in [2.75, 3.05) is 0 Å². The lowest BCUT2D eigenvalue weighted by Crippen LogP contribution is -1.96. The summed E-state index contributed by atoms with van der Waals surface area (Å²) in [7, 11) is 0. The molecule has 5 nitrogen and oxygen atoms in total. The van der Waals surface area contributed by atoms with Crippen molar-refractivity contribution >= 4 is 11.0 Å². The molecule has 5 heteroatoms. The molecule has 2 aliphatic rings. The maximum absolute atomic E-state index is 10.6. The number of aromatic nitrogens is 2. The lowest BCUT2D eigenvalue weighted by Gasteiger charge is -2.06. The average Bonchev–Trinajstić information content (AvgIpc) is 3.23. The molecular formula is C16H12N2O3. The standard InChI is InChI=1S/C16H12N2O3/c19-15-12-8-5-6-9(7-8)13(12)16(20)18(15)14-10-3-1-2-4-11(10)21-17-14/h1-6,8-9,19-20H,7H2. The molecule has 2 unspecified atom stereocenters. The SMILES string of the molecule is Oc1c2c(c(O)n1-c1noc3ccccc13)C1C=CC2C1. The number of rotatable bonds is 1. The Kier molecular flexibility index (Phi) is 1.83. The Morgan fingerprint density at radius 3 is 2.43 bits per heavy atom. The molecule has 2 aromatic heterocycles. The molecule has 104 valence electrons. The zero-order chi connectivity index (χ0) is 14.1. The second-order valence-corrected chi connectivity index (χ2v) is 5.65. The van der Waals surface area contributed by atoms with Crippen molar-refractivity contribution in [3.05, 3.63) is 47.5 Å². The fraction of sp³-hybridized carbons (Fsp3) is 0.188. The zero-order valence-electron chi connectivity index (χ0n) is 11.0. The molecule has 2 N–H and O–H groups in total. The van der Waals surface area contributed by atoms with Gasteiger partial charge in [0.25, 0.3) is 0 Å². The first-order chi connectivity index (χ1) is 10.3. The summed E-state index contributed by atoms with van der Waals surface area (Å²) in [5, 5.41) is 25.9. The number of aromatic hydroxyl groups is 2. The molecule has 1 aromatic carbocycles. The molecular weight excluding hydrogens is 268 g/mol. The highest BCUT2D eigenvalue weighted by Crippen LogP contribution is 2.57. The molecule has 2 heterocycles. The second kappa shape index (κ2) is 3.49. The average molecular weight is 280 g/mol. The first-order valence-corrected chi connectivity index (χ1v) is 6.95. The number of allylic oxidation sites excluding steroid dienone is 2. The molecule has 0 aliphatic heterocycles. The Labute approximate surface area is 119 Å². The smallest absolute Gasteiger partial charge is 0.204 e. The summed E-state index contributed by atoms with van der Waals surface area (Å²) in [6, 6.07) is 7.40. The minimum atomic E-state index is 0.0680. The minimum absolute atomic E-state index is 0.0680. The van der Waals surface area contributed by atoms with Gasteiger partial charge in [0, 0.05) is 23.0 Å². The fourth-order valence-corrected chi connectivity index (χ4v) is 3.67. The largest absolute Gasteiger partial charge is 0.494 e. The molecule has 5 rings (SSSR count). The van der Waals surface area contributed by atoms with Gasteiger partial charge < -0.3 is 14.7 Å². The predicted molar refractivity (Wildman–Crippen MR) is 75.9 cm³/mol. The summed E-state index contributed by atoms with van der Waals surface area (Å²) in [4.78, 5) is 0. The lowest BCUT2D eigenvalue weighted by atomic mass is 10.0. The van der Waals surface area contributed by atoms with Gasteiger partial charge in [-0.3, -0.25) is 0 Å². The summed E-state index contributed by atoms with van der Waals surface area (Å²) < 4.78 is 6.67. The number of hydrogen-bond acceptors (Lipinski definition) is 4. The Balaban J connectivity index is 1.82. The summed E-state index contributed by atoms with van der Waals surface area (Å²) in [6.45, 7) is 0. The van der Waals surface area contributed by atoms with E-state index < -0.39 is 0 Å². The van der Waals surface area contributed by atoms with Crippen LogP contribution in [0.25, 0.3) is 16.8 Å². The third kappa shape index (κ3) is 1.19. The minimum Gasteiger partial charge on any atom is -0.494 e. The van der Waals surface area contributed by atoms with Crippen LogP contribution in [0.1, 0.15) is 29.4 Å². The Bertz CT molecular complexity index is 884. The highest BCUT2D eigenvalue weighted by Gasteiger charge is 2.41. The van der Waals surface area contributed by atoms with E-state index in [0.29, 0.717) is 11.4 Å². The Morgan fingerprint density at radius 2 is 1.71 bits per heavy atom. The molecule has 0 saturated heterocycles. The molecule has 21 heavy (non-hydrogen) atoms. The molecule has 0 radical (unpaired) electrons. The summed E-state index contributed by atoms with van der Waals surface area (Å²) in [6.07, 6.45) is 5.13. The number of nitrogens with zero attached hydrogens (tertiary/aromatic N) is 2. The van der Waals surface area contributed by atoms with E-state index in [1.165, 1.54) is 4.57 Å². The van der Waals surface area contributed by atoms with Crippen molar-refractivity contribution in [1.82, 2.24) is 9.72 Å². The van der Waals surface area contributed by atoms with Crippen LogP contribution in [0.15, 0.2) is 40.9 Å². The van der Waals surface area contributed by atoms with Gasteiger partial charge in [-0.15, -0.1) is 0 Å². The first-order valence-electron chi connectivity index (χ1n) is 6.95. The molecule has 0 fully saturated rings. The first kappa shape index (κ1) is 11.0. The van der Waals surface area contributed by atoms with Crippen LogP contribution in [-0.4, -0.2) is 19.9 Å². The van der Waals surface area contributed by atoms with E-state index in [-0.39, 0.29) is 23.6 Å². The molecule has 3 aromatic rings. The van der Waals surface area contributed by atoms with E-state index >= 15 is 0 Å². The summed E-state index contributed by atoms with van der Waals surface area (Å²) in [5.74, 6) is 0.942. The van der Waals surface area contributed by atoms with Gasteiger partial charge in [-0.2, -0.15) is 0 Å². The van der Waals surface area contributed by atoms with Crippen LogP contribution < -0.4 is 0 Å². The summed E-state index contributed by atoms with van der Waals surface area (Å²) >= 11 is 0. The van der Waals surface area contributed by atoms with Crippen LogP contribution >= 0.6 is 0 Å². The summed E-state index contributed by atoms with van der Waals surface area (Å²) in [5.41, 5.74) is 2.28. The third-order valence-electron chi connectivity index (χ3n) is 4.59. The molecule has 2 atom stereocenters. The highest BCUT2D eigenvalue weighted by molar-refractivity contribution is 5.85. The topological polar surface area (TPSA) is 71.4 Å². The highest BCUT2D eigenvalue weighted by atomic mass is 16.5. The lowest BCUT2D eigenvalue weighted by molar-refractivity contribution is 0.384. The quantitative estimate of drug-likeness (QED) is 0.672. The van der Waals surface area contributed by atoms with Crippen molar-refractivity contribution in [2.24, 2.45) is 0 Å². The molecule has 2 bridgehead atoms. The van der Waals surface area contributed by atoms with Crippen molar-refractivity contribution in [3.8, 4) is 17.6 Å². The van der Waals surface area contributed by atoms with Crippen LogP contribution in [0.2, 0.25) is 0 Å². The van der Waals surface area contributed by atoms with Gasteiger partial charge in [0.05, 0.1) is 5.39 Å².